The molecule has 0 saturated heterocycles. The summed E-state index contributed by atoms with van der Waals surface area (Å²) in [4.78, 5) is 14.6. The molecular formula is C17H10ClN5O2S. The van der Waals surface area contributed by atoms with Crippen molar-refractivity contribution in [2.45, 2.75) is 0 Å². The van der Waals surface area contributed by atoms with Gasteiger partial charge in [-0.25, -0.2) is 4.98 Å². The van der Waals surface area contributed by atoms with Gasteiger partial charge in [0.1, 0.15) is 6.07 Å². The van der Waals surface area contributed by atoms with Crippen LogP contribution in [0, 0.1) is 21.4 Å². The van der Waals surface area contributed by atoms with Gasteiger partial charge in [-0.2, -0.15) is 10.4 Å². The van der Waals surface area contributed by atoms with Crippen molar-refractivity contribution in [3.63, 3.8) is 0 Å². The molecule has 26 heavy (non-hydrogen) atoms. The molecule has 0 aliphatic rings. The molecule has 0 aliphatic heterocycles. The van der Waals surface area contributed by atoms with Crippen LogP contribution in [0.3, 0.4) is 0 Å². The fourth-order valence-electron chi connectivity index (χ4n) is 2.03. The van der Waals surface area contributed by atoms with Gasteiger partial charge in [0.15, 0.2) is 10.7 Å². The van der Waals surface area contributed by atoms with Crippen LogP contribution in [0.4, 0.5) is 11.4 Å². The van der Waals surface area contributed by atoms with Crippen LogP contribution < -0.4 is 5.43 Å². The number of nitrogens with zero attached hydrogens (tertiary/aromatic N) is 4. The van der Waals surface area contributed by atoms with E-state index in [-0.39, 0.29) is 11.4 Å². The number of aromatic nitrogens is 1. The molecule has 0 aliphatic carbocycles. The number of thiazole rings is 1. The Morgan fingerprint density at radius 2 is 1.92 bits per heavy atom. The van der Waals surface area contributed by atoms with Crippen molar-refractivity contribution in [2.24, 2.45) is 5.10 Å². The molecule has 128 valence electrons. The Bertz CT molecular complexity index is 1010. The van der Waals surface area contributed by atoms with E-state index in [0.717, 1.165) is 11.3 Å². The molecule has 1 N–H and O–H groups in total. The Hall–Kier alpha value is -3.28. The van der Waals surface area contributed by atoms with E-state index in [9.17, 15) is 15.4 Å². The van der Waals surface area contributed by atoms with Crippen LogP contribution in [-0.2, 0) is 0 Å². The Kier molecular flexibility index (Phi) is 5.22. The maximum absolute atomic E-state index is 10.6. The average Bonchev–Trinajstić information content (AvgIpc) is 3.13. The third-order valence-corrected chi connectivity index (χ3v) is 4.43. The number of nitro groups is 1. The molecule has 3 aromatic rings. The molecular weight excluding hydrogens is 374 g/mol. The molecule has 1 heterocycles. The maximum atomic E-state index is 10.6. The second-order valence-electron chi connectivity index (χ2n) is 5.03. The van der Waals surface area contributed by atoms with Crippen LogP contribution in [0.5, 0.6) is 0 Å². The normalized spacial score (nSPS) is 11.0. The minimum Gasteiger partial charge on any atom is -0.277 e. The van der Waals surface area contributed by atoms with E-state index in [1.807, 2.05) is 23.6 Å². The first-order valence-electron chi connectivity index (χ1n) is 7.27. The van der Waals surface area contributed by atoms with Crippen LogP contribution in [-0.4, -0.2) is 15.6 Å². The van der Waals surface area contributed by atoms with Crippen molar-refractivity contribution in [3.8, 4) is 17.3 Å². The summed E-state index contributed by atoms with van der Waals surface area (Å²) >= 11 is 7.17. The zero-order valence-electron chi connectivity index (χ0n) is 13.1. The van der Waals surface area contributed by atoms with Gasteiger partial charge in [-0.3, -0.25) is 15.5 Å². The quantitative estimate of drug-likeness (QED) is 0.390. The molecule has 2 aromatic carbocycles. The van der Waals surface area contributed by atoms with Gasteiger partial charge in [-0.15, -0.1) is 11.3 Å². The fraction of sp³-hybridized carbons (Fsp3) is 0. The lowest BCUT2D eigenvalue weighted by Gasteiger charge is -2.00. The zero-order chi connectivity index (χ0) is 18.5. The summed E-state index contributed by atoms with van der Waals surface area (Å²) in [5.41, 5.74) is 4.94. The van der Waals surface area contributed by atoms with Crippen molar-refractivity contribution in [1.82, 2.24) is 4.98 Å². The second kappa shape index (κ2) is 7.74. The van der Waals surface area contributed by atoms with Gasteiger partial charge in [0, 0.05) is 28.1 Å². The standard InChI is InChI=1S/C17H10ClN5O2S/c18-12-3-1-11(2-4-12)16-10-26-17(20-16)15(9-19)22-21-13-5-7-14(8-6-13)23(24)25/h1-8,10,21H/b22-15+. The largest absolute Gasteiger partial charge is 0.277 e. The number of nitriles is 1. The average molecular weight is 384 g/mol. The Labute approximate surface area is 157 Å². The van der Waals surface area contributed by atoms with E-state index >= 15 is 0 Å². The molecule has 7 nitrogen and oxygen atoms in total. The van der Waals surface area contributed by atoms with Crippen molar-refractivity contribution < 1.29 is 4.92 Å². The third-order valence-electron chi connectivity index (χ3n) is 3.33. The predicted molar refractivity (Wildman–Crippen MR) is 101 cm³/mol. The molecule has 0 unspecified atom stereocenters. The number of nitro benzene ring substituents is 1. The Morgan fingerprint density at radius 1 is 1.23 bits per heavy atom. The zero-order valence-corrected chi connectivity index (χ0v) is 14.7. The Morgan fingerprint density at radius 3 is 2.54 bits per heavy atom. The van der Waals surface area contributed by atoms with Gasteiger partial charge in [-0.05, 0) is 24.3 Å². The van der Waals surface area contributed by atoms with Gasteiger partial charge < -0.3 is 0 Å². The number of hydrazone groups is 1. The molecule has 1 aromatic heterocycles. The van der Waals surface area contributed by atoms with E-state index in [1.165, 1.54) is 35.6 Å². The van der Waals surface area contributed by atoms with Gasteiger partial charge in [0.25, 0.3) is 5.69 Å². The summed E-state index contributed by atoms with van der Waals surface area (Å²) < 4.78 is 0. The lowest BCUT2D eigenvalue weighted by molar-refractivity contribution is -0.384. The van der Waals surface area contributed by atoms with Gasteiger partial charge in [-0.1, -0.05) is 23.7 Å². The van der Waals surface area contributed by atoms with E-state index in [4.69, 9.17) is 11.6 Å². The van der Waals surface area contributed by atoms with Gasteiger partial charge in [0.2, 0.25) is 0 Å². The lowest BCUT2D eigenvalue weighted by Crippen LogP contribution is -2.01. The van der Waals surface area contributed by atoms with E-state index < -0.39 is 4.92 Å². The third kappa shape index (κ3) is 4.03. The van der Waals surface area contributed by atoms with Crippen LogP contribution in [0.15, 0.2) is 59.0 Å². The molecule has 0 bridgehead atoms. The highest BCUT2D eigenvalue weighted by atomic mass is 35.5. The highest BCUT2D eigenvalue weighted by molar-refractivity contribution is 7.12. The second-order valence-corrected chi connectivity index (χ2v) is 6.33. The number of hydrogen-bond donors (Lipinski definition) is 1. The summed E-state index contributed by atoms with van der Waals surface area (Å²) in [7, 11) is 0. The number of nitrogens with one attached hydrogen (secondary N) is 1. The fourth-order valence-corrected chi connectivity index (χ4v) is 2.93. The maximum Gasteiger partial charge on any atom is 0.269 e. The monoisotopic (exact) mass is 383 g/mol. The summed E-state index contributed by atoms with van der Waals surface area (Å²) in [6, 6.07) is 15.0. The number of benzene rings is 2. The first-order valence-corrected chi connectivity index (χ1v) is 8.52. The van der Waals surface area contributed by atoms with Crippen molar-refractivity contribution in [2.75, 3.05) is 5.43 Å². The number of rotatable bonds is 5. The highest BCUT2D eigenvalue weighted by Crippen LogP contribution is 2.24. The smallest absolute Gasteiger partial charge is 0.269 e. The van der Waals surface area contributed by atoms with Crippen LogP contribution in [0.25, 0.3) is 11.3 Å². The summed E-state index contributed by atoms with van der Waals surface area (Å²) in [6.07, 6.45) is 0. The minimum atomic E-state index is -0.485. The van der Waals surface area contributed by atoms with Crippen molar-refractivity contribution in [3.05, 3.63) is 74.1 Å². The van der Waals surface area contributed by atoms with Crippen molar-refractivity contribution in [1.29, 1.82) is 5.26 Å². The minimum absolute atomic E-state index is 0.0208. The first kappa shape index (κ1) is 17.5. The number of non-ortho nitro benzene ring substituents is 1. The lowest BCUT2D eigenvalue weighted by atomic mass is 10.2. The van der Waals surface area contributed by atoms with Gasteiger partial charge in [0.05, 0.1) is 16.3 Å². The molecule has 0 saturated carbocycles. The summed E-state index contributed by atoms with van der Waals surface area (Å²) in [5, 5.41) is 26.9. The van der Waals surface area contributed by atoms with E-state index in [2.05, 4.69) is 15.5 Å². The molecule has 3 rings (SSSR count). The van der Waals surface area contributed by atoms with Crippen LogP contribution in [0.1, 0.15) is 5.01 Å². The summed E-state index contributed by atoms with van der Waals surface area (Å²) in [5.74, 6) is 0. The predicted octanol–water partition coefficient (Wildman–Crippen LogP) is 4.71. The number of halogens is 1. The van der Waals surface area contributed by atoms with Crippen molar-refractivity contribution >= 4 is 40.0 Å². The van der Waals surface area contributed by atoms with Crippen LogP contribution in [0.2, 0.25) is 5.02 Å². The number of anilines is 1. The Balaban J connectivity index is 1.78. The molecule has 0 radical (unpaired) electrons. The summed E-state index contributed by atoms with van der Waals surface area (Å²) in [6.45, 7) is 0. The SMILES string of the molecule is N#C/C(=N\Nc1ccc([N+](=O)[O-])cc1)c1nc(-c2ccc(Cl)cc2)cs1. The highest BCUT2D eigenvalue weighted by Gasteiger charge is 2.11. The number of hydrogen-bond acceptors (Lipinski definition) is 7. The van der Waals surface area contributed by atoms with Crippen LogP contribution >= 0.6 is 22.9 Å². The van der Waals surface area contributed by atoms with E-state index in [1.54, 1.807) is 12.1 Å². The molecule has 0 atom stereocenters. The first-order chi connectivity index (χ1) is 12.6. The molecule has 0 spiro atoms. The molecule has 0 amide bonds. The molecule has 0 fully saturated rings. The van der Waals surface area contributed by atoms with E-state index in [0.29, 0.717) is 15.7 Å². The molecule has 9 heteroatoms. The topological polar surface area (TPSA) is 104 Å². The van der Waals surface area contributed by atoms with Gasteiger partial charge >= 0.3 is 0 Å².